The summed E-state index contributed by atoms with van der Waals surface area (Å²) in [6.07, 6.45) is 2.54. The fourth-order valence-electron chi connectivity index (χ4n) is 3.29. The Balaban J connectivity index is 1.99. The van der Waals surface area contributed by atoms with E-state index in [1.807, 2.05) is 12.1 Å². The van der Waals surface area contributed by atoms with Gasteiger partial charge in [0.2, 0.25) is 0 Å². The van der Waals surface area contributed by atoms with Gasteiger partial charge in [-0.1, -0.05) is 25.1 Å². The lowest BCUT2D eigenvalue weighted by molar-refractivity contribution is 0.0263. The van der Waals surface area contributed by atoms with E-state index >= 15 is 0 Å². The number of benzene rings is 1. The van der Waals surface area contributed by atoms with Gasteiger partial charge in [0, 0.05) is 38.7 Å². The number of hydrogen-bond donors (Lipinski definition) is 1. The molecule has 1 atom stereocenters. The smallest absolute Gasteiger partial charge is 0.193 e. The molecule has 0 bridgehead atoms. The lowest BCUT2D eigenvalue weighted by atomic mass is 10.0. The number of likely N-dealkylation sites (tertiary alicyclic amines) is 1. The normalized spacial score (nSPS) is 17.4. The predicted octanol–water partition coefficient (Wildman–Crippen LogP) is 3.27. The molecule has 0 saturated carbocycles. The van der Waals surface area contributed by atoms with Crippen LogP contribution in [0.15, 0.2) is 29.3 Å². The molecule has 0 radical (unpaired) electrons. The maximum absolute atomic E-state index is 5.75. The topological polar surface area (TPSA) is 46.1 Å². The van der Waals surface area contributed by atoms with E-state index in [4.69, 9.17) is 14.5 Å². The second-order valence-corrected chi connectivity index (χ2v) is 6.48. The van der Waals surface area contributed by atoms with Gasteiger partial charge in [-0.05, 0) is 38.3 Å². The van der Waals surface area contributed by atoms with Crippen molar-refractivity contribution in [1.82, 2.24) is 10.2 Å². The van der Waals surface area contributed by atoms with E-state index < -0.39 is 0 Å². The molecular formula is C20H33N3O2. The van der Waals surface area contributed by atoms with Crippen LogP contribution in [0.2, 0.25) is 0 Å². The minimum atomic E-state index is 0.311. The quantitative estimate of drug-likeness (QED) is 0.607. The summed E-state index contributed by atoms with van der Waals surface area (Å²) in [6, 6.07) is 8.20. The van der Waals surface area contributed by atoms with Crippen LogP contribution in [0, 0.1) is 0 Å². The van der Waals surface area contributed by atoms with E-state index in [9.17, 15) is 0 Å². The van der Waals surface area contributed by atoms with Gasteiger partial charge < -0.3 is 19.7 Å². The second-order valence-electron chi connectivity index (χ2n) is 6.48. The summed E-state index contributed by atoms with van der Waals surface area (Å²) in [5, 5.41) is 3.44. The molecule has 2 rings (SSSR count). The number of guanidine groups is 1. The summed E-state index contributed by atoms with van der Waals surface area (Å²) in [4.78, 5) is 7.25. The zero-order valence-electron chi connectivity index (χ0n) is 16.1. The van der Waals surface area contributed by atoms with Crippen molar-refractivity contribution in [3.8, 4) is 5.75 Å². The number of aliphatic imine (C=N–C) groups is 1. The molecule has 0 spiro atoms. The molecule has 5 heteroatoms. The van der Waals surface area contributed by atoms with Gasteiger partial charge in [0.05, 0.1) is 13.2 Å². The highest BCUT2D eigenvalue weighted by Crippen LogP contribution is 2.26. The summed E-state index contributed by atoms with van der Waals surface area (Å²) in [6.45, 7) is 10.8. The molecule has 25 heavy (non-hydrogen) atoms. The molecule has 1 N–H and O–H groups in total. The van der Waals surface area contributed by atoms with E-state index in [2.05, 4.69) is 43.1 Å². The average molecular weight is 348 g/mol. The van der Waals surface area contributed by atoms with Gasteiger partial charge in [0.25, 0.3) is 0 Å². The average Bonchev–Trinajstić information content (AvgIpc) is 2.66. The van der Waals surface area contributed by atoms with E-state index in [0.717, 1.165) is 57.3 Å². The Morgan fingerprint density at radius 2 is 2.00 bits per heavy atom. The third-order valence-electron chi connectivity index (χ3n) is 4.66. The van der Waals surface area contributed by atoms with E-state index in [-0.39, 0.29) is 0 Å². The number of rotatable bonds is 7. The monoisotopic (exact) mass is 347 g/mol. The zero-order chi connectivity index (χ0) is 18.1. The van der Waals surface area contributed by atoms with Crippen molar-refractivity contribution in [2.45, 2.75) is 45.6 Å². The van der Waals surface area contributed by atoms with Gasteiger partial charge >= 0.3 is 0 Å². The van der Waals surface area contributed by atoms with Crippen molar-refractivity contribution in [2.75, 3.05) is 39.9 Å². The standard InChI is InChI=1S/C20H33N3O2/c1-5-21-20(23-13-11-17(12-14-23)25-6-2)22-15-16(3)18-9-7-8-10-19(18)24-4/h7-10,16-17H,5-6,11-15H2,1-4H3,(H,21,22). The maximum Gasteiger partial charge on any atom is 0.193 e. The number of nitrogens with zero attached hydrogens (tertiary/aromatic N) is 2. The number of para-hydroxylation sites is 1. The van der Waals surface area contributed by atoms with Crippen LogP contribution in [0.3, 0.4) is 0 Å². The molecule has 5 nitrogen and oxygen atoms in total. The maximum atomic E-state index is 5.75. The Hall–Kier alpha value is -1.75. The van der Waals surface area contributed by atoms with Gasteiger partial charge in [0.15, 0.2) is 5.96 Å². The van der Waals surface area contributed by atoms with Crippen molar-refractivity contribution < 1.29 is 9.47 Å². The molecule has 0 aromatic heterocycles. The Morgan fingerprint density at radius 3 is 2.64 bits per heavy atom. The third-order valence-corrected chi connectivity index (χ3v) is 4.66. The molecule has 1 saturated heterocycles. The van der Waals surface area contributed by atoms with Gasteiger partial charge in [-0.15, -0.1) is 0 Å². The molecule has 1 heterocycles. The van der Waals surface area contributed by atoms with E-state index in [0.29, 0.717) is 12.0 Å². The molecule has 1 aromatic carbocycles. The van der Waals surface area contributed by atoms with Gasteiger partial charge in [-0.25, -0.2) is 0 Å². The molecule has 1 aliphatic rings. The molecule has 1 aliphatic heterocycles. The first-order valence-corrected chi connectivity index (χ1v) is 9.47. The summed E-state index contributed by atoms with van der Waals surface area (Å²) >= 11 is 0. The SMILES string of the molecule is CCNC(=NCC(C)c1ccccc1OC)N1CCC(OCC)CC1. The fraction of sp³-hybridized carbons (Fsp3) is 0.650. The Kier molecular flexibility index (Phi) is 8.06. The minimum absolute atomic E-state index is 0.311. The van der Waals surface area contributed by atoms with Crippen molar-refractivity contribution in [2.24, 2.45) is 4.99 Å². The molecular weight excluding hydrogens is 314 g/mol. The first-order valence-electron chi connectivity index (χ1n) is 9.47. The van der Waals surface area contributed by atoms with Crippen LogP contribution < -0.4 is 10.1 Å². The Morgan fingerprint density at radius 1 is 1.28 bits per heavy atom. The molecule has 140 valence electrons. The van der Waals surface area contributed by atoms with Crippen LogP contribution in [0.25, 0.3) is 0 Å². The Labute approximate surface area is 152 Å². The molecule has 0 aliphatic carbocycles. The summed E-state index contributed by atoms with van der Waals surface area (Å²) < 4.78 is 11.2. The second kappa shape index (κ2) is 10.3. The molecule has 1 aromatic rings. The van der Waals surface area contributed by atoms with Crippen LogP contribution in [0.5, 0.6) is 5.75 Å². The van der Waals surface area contributed by atoms with Crippen molar-refractivity contribution in [3.05, 3.63) is 29.8 Å². The van der Waals surface area contributed by atoms with Crippen molar-refractivity contribution in [3.63, 3.8) is 0 Å². The number of nitrogens with one attached hydrogen (secondary N) is 1. The fourth-order valence-corrected chi connectivity index (χ4v) is 3.29. The first-order chi connectivity index (χ1) is 12.2. The van der Waals surface area contributed by atoms with E-state index in [1.54, 1.807) is 7.11 Å². The van der Waals surface area contributed by atoms with Crippen LogP contribution >= 0.6 is 0 Å². The van der Waals surface area contributed by atoms with Crippen LogP contribution in [0.1, 0.15) is 45.1 Å². The van der Waals surface area contributed by atoms with Crippen LogP contribution in [-0.4, -0.2) is 56.9 Å². The van der Waals surface area contributed by atoms with Gasteiger partial charge in [-0.3, -0.25) is 4.99 Å². The van der Waals surface area contributed by atoms with Crippen molar-refractivity contribution in [1.29, 1.82) is 0 Å². The number of piperidine rings is 1. The zero-order valence-corrected chi connectivity index (χ0v) is 16.1. The highest BCUT2D eigenvalue weighted by atomic mass is 16.5. The number of hydrogen-bond acceptors (Lipinski definition) is 3. The van der Waals surface area contributed by atoms with E-state index in [1.165, 1.54) is 5.56 Å². The summed E-state index contributed by atoms with van der Waals surface area (Å²) in [5.74, 6) is 2.26. The highest BCUT2D eigenvalue weighted by Gasteiger charge is 2.21. The summed E-state index contributed by atoms with van der Waals surface area (Å²) in [5.41, 5.74) is 1.21. The van der Waals surface area contributed by atoms with Gasteiger partial charge in [0.1, 0.15) is 5.75 Å². The van der Waals surface area contributed by atoms with Crippen molar-refractivity contribution >= 4 is 5.96 Å². The largest absolute Gasteiger partial charge is 0.496 e. The number of ether oxygens (including phenoxy) is 2. The molecule has 0 amide bonds. The summed E-state index contributed by atoms with van der Waals surface area (Å²) in [7, 11) is 1.72. The van der Waals surface area contributed by atoms with Gasteiger partial charge in [-0.2, -0.15) is 0 Å². The molecule has 1 fully saturated rings. The Bertz CT molecular complexity index is 539. The highest BCUT2D eigenvalue weighted by molar-refractivity contribution is 5.80. The first kappa shape index (κ1) is 19.6. The predicted molar refractivity (Wildman–Crippen MR) is 104 cm³/mol. The van der Waals surface area contributed by atoms with Crippen LogP contribution in [0.4, 0.5) is 0 Å². The lowest BCUT2D eigenvalue weighted by Crippen LogP contribution is -2.47. The molecule has 1 unspecified atom stereocenters. The minimum Gasteiger partial charge on any atom is -0.496 e. The van der Waals surface area contributed by atoms with Crippen LogP contribution in [-0.2, 0) is 4.74 Å². The number of methoxy groups -OCH3 is 1. The third kappa shape index (κ3) is 5.63. The lowest BCUT2D eigenvalue weighted by Gasteiger charge is -2.34.